The molecule has 0 aliphatic rings. The highest BCUT2D eigenvalue weighted by Crippen LogP contribution is 2.14. The number of nitrogens with two attached hydrogens (primary N) is 1. The predicted molar refractivity (Wildman–Crippen MR) is 77.0 cm³/mol. The predicted octanol–water partition coefficient (Wildman–Crippen LogP) is 2.23. The molecule has 2 rings (SSSR count). The zero-order valence-electron chi connectivity index (χ0n) is 10.7. The maximum atomic E-state index is 13.4. The molecule has 6 heteroatoms. The summed E-state index contributed by atoms with van der Waals surface area (Å²) in [6.45, 7) is 0.362. The molecular formula is C14H15FN2O2S. The van der Waals surface area contributed by atoms with Crippen LogP contribution in [-0.4, -0.2) is 8.42 Å². The number of hydrogen-bond acceptors (Lipinski definition) is 3. The van der Waals surface area contributed by atoms with Crippen molar-refractivity contribution in [3.8, 4) is 0 Å². The first-order valence-electron chi connectivity index (χ1n) is 6.01. The van der Waals surface area contributed by atoms with Gasteiger partial charge in [0.05, 0.1) is 5.75 Å². The smallest absolute Gasteiger partial charge is 0.213 e. The van der Waals surface area contributed by atoms with Crippen LogP contribution in [0.5, 0.6) is 0 Å². The van der Waals surface area contributed by atoms with Crippen molar-refractivity contribution >= 4 is 15.7 Å². The maximum absolute atomic E-state index is 13.4. The van der Waals surface area contributed by atoms with Crippen LogP contribution in [0.3, 0.4) is 0 Å². The molecule has 2 aromatic carbocycles. The fourth-order valence-corrected chi connectivity index (χ4v) is 2.45. The molecule has 0 saturated carbocycles. The minimum absolute atomic E-state index is 0.194. The largest absolute Gasteiger partial charge is 0.381 e. The average molecular weight is 294 g/mol. The highest BCUT2D eigenvalue weighted by atomic mass is 32.2. The van der Waals surface area contributed by atoms with Gasteiger partial charge in [-0.05, 0) is 23.8 Å². The van der Waals surface area contributed by atoms with Crippen LogP contribution in [0.15, 0.2) is 48.5 Å². The molecule has 0 unspecified atom stereocenters. The molecule has 0 amide bonds. The van der Waals surface area contributed by atoms with Gasteiger partial charge in [0.15, 0.2) is 0 Å². The van der Waals surface area contributed by atoms with Crippen LogP contribution in [0.4, 0.5) is 10.1 Å². The van der Waals surface area contributed by atoms with Crippen LogP contribution < -0.4 is 10.5 Å². The van der Waals surface area contributed by atoms with E-state index in [1.165, 1.54) is 6.07 Å². The molecule has 0 saturated heterocycles. The van der Waals surface area contributed by atoms with E-state index in [-0.39, 0.29) is 11.6 Å². The molecule has 4 nitrogen and oxygen atoms in total. The summed E-state index contributed by atoms with van der Waals surface area (Å²) in [4.78, 5) is 0. The van der Waals surface area contributed by atoms with E-state index in [9.17, 15) is 12.8 Å². The van der Waals surface area contributed by atoms with E-state index in [2.05, 4.69) is 5.32 Å². The summed E-state index contributed by atoms with van der Waals surface area (Å²) in [6, 6.07) is 13.4. The normalized spacial score (nSPS) is 11.3. The summed E-state index contributed by atoms with van der Waals surface area (Å²) < 4.78 is 35.3. The minimum atomic E-state index is -3.52. The molecule has 2 aromatic rings. The van der Waals surface area contributed by atoms with Gasteiger partial charge in [0, 0.05) is 17.8 Å². The Bertz CT molecular complexity index is 685. The average Bonchev–Trinajstić information content (AvgIpc) is 2.38. The first-order valence-corrected chi connectivity index (χ1v) is 7.72. The topological polar surface area (TPSA) is 72.2 Å². The summed E-state index contributed by atoms with van der Waals surface area (Å²) in [5, 5.41) is 8.04. The second-order valence-corrected chi connectivity index (χ2v) is 6.06. The molecule has 0 bridgehead atoms. The standard InChI is InChI=1S/C14H15FN2O2S/c15-14-4-2-1-3-12(14)9-17-13-7-5-11(6-8-13)10-20(16,18)19/h1-8,17H,9-10H2,(H2,16,18,19). The van der Waals surface area contributed by atoms with Gasteiger partial charge in [0.2, 0.25) is 10.0 Å². The quantitative estimate of drug-likeness (QED) is 0.888. The van der Waals surface area contributed by atoms with Crippen molar-refractivity contribution in [1.29, 1.82) is 0 Å². The highest BCUT2D eigenvalue weighted by molar-refractivity contribution is 7.88. The van der Waals surface area contributed by atoms with Crippen LogP contribution in [0.25, 0.3) is 0 Å². The molecule has 3 N–H and O–H groups in total. The van der Waals surface area contributed by atoms with Crippen LogP contribution >= 0.6 is 0 Å². The van der Waals surface area contributed by atoms with Gasteiger partial charge >= 0.3 is 0 Å². The van der Waals surface area contributed by atoms with Gasteiger partial charge in [-0.25, -0.2) is 17.9 Å². The molecule has 0 aliphatic heterocycles. The van der Waals surface area contributed by atoms with Gasteiger partial charge in [-0.3, -0.25) is 0 Å². The summed E-state index contributed by atoms with van der Waals surface area (Å²) in [6.07, 6.45) is 0. The van der Waals surface area contributed by atoms with Crippen LogP contribution in [0.2, 0.25) is 0 Å². The molecule has 0 aliphatic carbocycles. The maximum Gasteiger partial charge on any atom is 0.213 e. The van der Waals surface area contributed by atoms with E-state index in [4.69, 9.17) is 5.14 Å². The fourth-order valence-electron chi connectivity index (χ4n) is 1.79. The van der Waals surface area contributed by atoms with Gasteiger partial charge in [-0.1, -0.05) is 30.3 Å². The van der Waals surface area contributed by atoms with Gasteiger partial charge in [-0.15, -0.1) is 0 Å². The summed E-state index contributed by atoms with van der Waals surface area (Å²) >= 11 is 0. The first-order chi connectivity index (χ1) is 9.44. The van der Waals surface area contributed by atoms with Crippen molar-refractivity contribution in [2.24, 2.45) is 5.14 Å². The Hall–Kier alpha value is -1.92. The van der Waals surface area contributed by atoms with Gasteiger partial charge in [0.25, 0.3) is 0 Å². The lowest BCUT2D eigenvalue weighted by Gasteiger charge is -2.08. The minimum Gasteiger partial charge on any atom is -0.381 e. The van der Waals surface area contributed by atoms with Crippen molar-refractivity contribution in [3.05, 3.63) is 65.5 Å². The third-order valence-corrected chi connectivity index (χ3v) is 3.50. The van der Waals surface area contributed by atoms with Crippen LogP contribution in [-0.2, 0) is 22.3 Å². The van der Waals surface area contributed by atoms with Gasteiger partial charge in [0.1, 0.15) is 5.82 Å². The Balaban J connectivity index is 1.99. The summed E-state index contributed by atoms with van der Waals surface area (Å²) in [7, 11) is -3.52. The molecule has 0 spiro atoms. The summed E-state index contributed by atoms with van der Waals surface area (Å²) in [5.41, 5.74) is 1.97. The van der Waals surface area contributed by atoms with Crippen LogP contribution in [0, 0.1) is 5.82 Å². The van der Waals surface area contributed by atoms with Gasteiger partial charge in [-0.2, -0.15) is 0 Å². The van der Waals surface area contributed by atoms with E-state index in [1.807, 2.05) is 0 Å². The molecule has 0 atom stereocenters. The zero-order chi connectivity index (χ0) is 14.6. The molecule has 20 heavy (non-hydrogen) atoms. The lowest BCUT2D eigenvalue weighted by Crippen LogP contribution is -2.14. The van der Waals surface area contributed by atoms with Crippen molar-refractivity contribution < 1.29 is 12.8 Å². The summed E-state index contributed by atoms with van der Waals surface area (Å²) in [5.74, 6) is -0.452. The Morgan fingerprint density at radius 2 is 1.70 bits per heavy atom. The van der Waals surface area contributed by atoms with E-state index in [0.29, 0.717) is 17.7 Å². The Labute approximate surface area is 117 Å². The molecule has 0 radical (unpaired) electrons. The molecule has 0 aromatic heterocycles. The number of benzene rings is 2. The van der Waals surface area contributed by atoms with Crippen LogP contribution in [0.1, 0.15) is 11.1 Å². The van der Waals surface area contributed by atoms with E-state index in [1.54, 1.807) is 42.5 Å². The Morgan fingerprint density at radius 1 is 1.05 bits per heavy atom. The van der Waals surface area contributed by atoms with Crippen molar-refractivity contribution in [1.82, 2.24) is 0 Å². The van der Waals surface area contributed by atoms with E-state index in [0.717, 1.165) is 5.69 Å². The third kappa shape index (κ3) is 4.32. The van der Waals surface area contributed by atoms with E-state index >= 15 is 0 Å². The number of halogens is 1. The SMILES string of the molecule is NS(=O)(=O)Cc1ccc(NCc2ccccc2F)cc1. The first kappa shape index (κ1) is 14.5. The van der Waals surface area contributed by atoms with Crippen molar-refractivity contribution in [2.75, 3.05) is 5.32 Å². The number of anilines is 1. The molecule has 106 valence electrons. The number of nitrogens with one attached hydrogen (secondary N) is 1. The number of hydrogen-bond donors (Lipinski definition) is 2. The fraction of sp³-hybridized carbons (Fsp3) is 0.143. The molecule has 0 fully saturated rings. The van der Waals surface area contributed by atoms with Gasteiger partial charge < -0.3 is 5.32 Å². The second kappa shape index (κ2) is 6.02. The monoisotopic (exact) mass is 294 g/mol. The number of primary sulfonamides is 1. The lowest BCUT2D eigenvalue weighted by molar-refractivity contribution is 0.597. The van der Waals surface area contributed by atoms with Crippen molar-refractivity contribution in [2.45, 2.75) is 12.3 Å². The number of sulfonamides is 1. The zero-order valence-corrected chi connectivity index (χ0v) is 11.5. The highest BCUT2D eigenvalue weighted by Gasteiger charge is 2.05. The second-order valence-electron chi connectivity index (χ2n) is 4.45. The molecule has 0 heterocycles. The Morgan fingerprint density at radius 3 is 2.30 bits per heavy atom. The van der Waals surface area contributed by atoms with E-state index < -0.39 is 10.0 Å². The third-order valence-electron chi connectivity index (χ3n) is 2.76. The molecular weight excluding hydrogens is 279 g/mol. The Kier molecular flexibility index (Phi) is 4.36. The lowest BCUT2D eigenvalue weighted by atomic mass is 10.2. The number of rotatable bonds is 5. The van der Waals surface area contributed by atoms with Crippen molar-refractivity contribution in [3.63, 3.8) is 0 Å².